The molecular weight excluding hydrogens is 176 g/mol. The van der Waals surface area contributed by atoms with E-state index in [4.69, 9.17) is 10.8 Å². The monoisotopic (exact) mass is 200 g/mol. The van der Waals surface area contributed by atoms with Crippen molar-refractivity contribution in [2.45, 2.75) is 44.7 Å². The molecule has 0 radical (unpaired) electrons. The molecule has 0 aromatic rings. The zero-order valence-electron chi connectivity index (χ0n) is 9.88. The quantitative estimate of drug-likeness (QED) is 0.694. The molecular formula is C11H24N2O. The molecule has 3 nitrogen and oxygen atoms in total. The minimum Gasteiger partial charge on any atom is -0.396 e. The zero-order chi connectivity index (χ0) is 11.0. The molecule has 1 aliphatic heterocycles. The molecule has 1 aliphatic rings. The number of piperidine rings is 1. The Morgan fingerprint density at radius 3 is 2.50 bits per heavy atom. The van der Waals surface area contributed by atoms with Crippen molar-refractivity contribution in [3.63, 3.8) is 0 Å². The molecule has 0 bridgehead atoms. The number of rotatable bonds is 2. The highest BCUT2D eigenvalue weighted by atomic mass is 16.3. The molecule has 0 aliphatic carbocycles. The predicted octanol–water partition coefficient (Wildman–Crippen LogP) is 0.816. The van der Waals surface area contributed by atoms with Crippen LogP contribution in [0.2, 0.25) is 0 Å². The summed E-state index contributed by atoms with van der Waals surface area (Å²) in [5.74, 6) is 0.429. The van der Waals surface area contributed by atoms with Crippen LogP contribution in [0.5, 0.6) is 0 Å². The van der Waals surface area contributed by atoms with Crippen LogP contribution in [0.3, 0.4) is 0 Å². The smallest absolute Gasteiger partial charge is 0.0434 e. The molecule has 1 fully saturated rings. The van der Waals surface area contributed by atoms with E-state index in [1.54, 1.807) is 0 Å². The molecule has 3 heteroatoms. The van der Waals surface area contributed by atoms with Gasteiger partial charge in [0, 0.05) is 17.7 Å². The lowest BCUT2D eigenvalue weighted by Gasteiger charge is -2.55. The lowest BCUT2D eigenvalue weighted by Crippen LogP contribution is -2.70. The van der Waals surface area contributed by atoms with E-state index < -0.39 is 0 Å². The summed E-state index contributed by atoms with van der Waals surface area (Å²) in [7, 11) is 2.13. The maximum atomic E-state index is 9.02. The van der Waals surface area contributed by atoms with Gasteiger partial charge in [-0.05, 0) is 53.1 Å². The predicted molar refractivity (Wildman–Crippen MR) is 59.1 cm³/mol. The van der Waals surface area contributed by atoms with Crippen molar-refractivity contribution in [2.24, 2.45) is 11.7 Å². The molecule has 0 aromatic heterocycles. The van der Waals surface area contributed by atoms with Crippen LogP contribution in [-0.2, 0) is 0 Å². The highest BCUT2D eigenvalue weighted by Crippen LogP contribution is 2.39. The van der Waals surface area contributed by atoms with Gasteiger partial charge in [0.25, 0.3) is 0 Å². The number of likely N-dealkylation sites (N-methyl/N-ethyl adjacent to an activating group) is 1. The van der Waals surface area contributed by atoms with Crippen molar-refractivity contribution in [2.75, 3.05) is 20.2 Å². The molecule has 0 saturated carbocycles. The molecule has 2 unspecified atom stereocenters. The van der Waals surface area contributed by atoms with Gasteiger partial charge in [0.2, 0.25) is 0 Å². The van der Waals surface area contributed by atoms with Crippen LogP contribution < -0.4 is 5.73 Å². The van der Waals surface area contributed by atoms with Gasteiger partial charge in [0.15, 0.2) is 0 Å². The molecule has 1 heterocycles. The fraction of sp³-hybridized carbons (Fsp3) is 1.00. The van der Waals surface area contributed by atoms with Crippen molar-refractivity contribution in [1.82, 2.24) is 4.90 Å². The third-order valence-corrected chi connectivity index (χ3v) is 4.41. The van der Waals surface area contributed by atoms with E-state index >= 15 is 0 Å². The van der Waals surface area contributed by atoms with Gasteiger partial charge in [0.05, 0.1) is 0 Å². The maximum Gasteiger partial charge on any atom is 0.0434 e. The summed E-state index contributed by atoms with van der Waals surface area (Å²) < 4.78 is 0. The summed E-state index contributed by atoms with van der Waals surface area (Å²) >= 11 is 0. The van der Waals surface area contributed by atoms with E-state index in [-0.39, 0.29) is 17.7 Å². The topological polar surface area (TPSA) is 49.5 Å². The minimum atomic E-state index is -0.220. The number of nitrogens with two attached hydrogens (primary N) is 1. The van der Waals surface area contributed by atoms with E-state index in [1.807, 2.05) is 0 Å². The number of hydrogen-bond acceptors (Lipinski definition) is 3. The summed E-state index contributed by atoms with van der Waals surface area (Å²) in [5, 5.41) is 9.02. The zero-order valence-corrected chi connectivity index (χ0v) is 9.88. The standard InChI is InChI=1S/C11H24N2O/c1-10(2)11(3,12)9(6-8-14)5-7-13(10)4/h9,14H,5-8,12H2,1-4H3. The van der Waals surface area contributed by atoms with Gasteiger partial charge in [-0.1, -0.05) is 0 Å². The second-order valence-electron chi connectivity index (χ2n) is 5.26. The van der Waals surface area contributed by atoms with Gasteiger partial charge in [-0.25, -0.2) is 0 Å². The summed E-state index contributed by atoms with van der Waals surface area (Å²) in [4.78, 5) is 2.32. The number of aliphatic hydroxyl groups excluding tert-OH is 1. The Morgan fingerprint density at radius 2 is 2.00 bits per heavy atom. The Kier molecular flexibility index (Phi) is 3.24. The Hall–Kier alpha value is -0.120. The lowest BCUT2D eigenvalue weighted by atomic mass is 9.66. The van der Waals surface area contributed by atoms with Crippen LogP contribution in [0.25, 0.3) is 0 Å². The molecule has 1 saturated heterocycles. The fourth-order valence-electron chi connectivity index (χ4n) is 2.44. The lowest BCUT2D eigenvalue weighted by molar-refractivity contribution is -0.0170. The first-order valence-electron chi connectivity index (χ1n) is 5.45. The average molecular weight is 200 g/mol. The number of nitrogens with zero attached hydrogens (tertiary/aromatic N) is 1. The Morgan fingerprint density at radius 1 is 1.43 bits per heavy atom. The first kappa shape index (κ1) is 12.0. The SMILES string of the molecule is CN1CCC(CCO)C(C)(N)C1(C)C. The van der Waals surface area contributed by atoms with E-state index in [9.17, 15) is 0 Å². The van der Waals surface area contributed by atoms with E-state index in [0.717, 1.165) is 19.4 Å². The third kappa shape index (κ3) is 1.69. The van der Waals surface area contributed by atoms with Crippen LogP contribution in [0.4, 0.5) is 0 Å². The molecule has 0 aromatic carbocycles. The van der Waals surface area contributed by atoms with Gasteiger partial charge in [-0.15, -0.1) is 0 Å². The first-order valence-corrected chi connectivity index (χ1v) is 5.45. The van der Waals surface area contributed by atoms with Crippen LogP contribution in [-0.4, -0.2) is 41.3 Å². The van der Waals surface area contributed by atoms with Crippen LogP contribution in [0, 0.1) is 5.92 Å². The highest BCUT2D eigenvalue weighted by molar-refractivity contribution is 5.08. The highest BCUT2D eigenvalue weighted by Gasteiger charge is 2.48. The van der Waals surface area contributed by atoms with Crippen LogP contribution in [0.1, 0.15) is 33.6 Å². The second kappa shape index (κ2) is 3.80. The summed E-state index contributed by atoms with van der Waals surface area (Å²) in [5.41, 5.74) is 6.21. The van der Waals surface area contributed by atoms with Crippen LogP contribution in [0.15, 0.2) is 0 Å². The second-order valence-corrected chi connectivity index (χ2v) is 5.26. The molecule has 84 valence electrons. The Balaban J connectivity index is 2.85. The van der Waals surface area contributed by atoms with Gasteiger partial charge in [0.1, 0.15) is 0 Å². The molecule has 14 heavy (non-hydrogen) atoms. The van der Waals surface area contributed by atoms with E-state index in [2.05, 4.69) is 32.7 Å². The first-order chi connectivity index (χ1) is 6.34. The summed E-state index contributed by atoms with van der Waals surface area (Å²) in [6.07, 6.45) is 1.91. The van der Waals surface area contributed by atoms with Gasteiger partial charge in [-0.3, -0.25) is 4.90 Å². The summed E-state index contributed by atoms with van der Waals surface area (Å²) in [6.45, 7) is 7.82. The molecule has 3 N–H and O–H groups in total. The van der Waals surface area contributed by atoms with Crippen molar-refractivity contribution in [3.05, 3.63) is 0 Å². The van der Waals surface area contributed by atoms with Crippen molar-refractivity contribution in [1.29, 1.82) is 0 Å². The molecule has 0 spiro atoms. The minimum absolute atomic E-state index is 0.00505. The Labute approximate surface area is 87.3 Å². The molecule has 2 atom stereocenters. The number of aliphatic hydroxyl groups is 1. The number of likely N-dealkylation sites (tertiary alicyclic amines) is 1. The van der Waals surface area contributed by atoms with Gasteiger partial charge >= 0.3 is 0 Å². The van der Waals surface area contributed by atoms with Crippen molar-refractivity contribution < 1.29 is 5.11 Å². The molecule has 1 rings (SSSR count). The molecule has 0 amide bonds. The fourth-order valence-corrected chi connectivity index (χ4v) is 2.44. The Bertz CT molecular complexity index is 201. The van der Waals surface area contributed by atoms with Crippen molar-refractivity contribution in [3.8, 4) is 0 Å². The number of hydrogen-bond donors (Lipinski definition) is 2. The third-order valence-electron chi connectivity index (χ3n) is 4.41. The average Bonchev–Trinajstić information content (AvgIpc) is 2.08. The largest absolute Gasteiger partial charge is 0.396 e. The maximum absolute atomic E-state index is 9.02. The van der Waals surface area contributed by atoms with Crippen LogP contribution >= 0.6 is 0 Å². The van der Waals surface area contributed by atoms with E-state index in [1.165, 1.54) is 0 Å². The normalized spacial score (nSPS) is 38.6. The van der Waals surface area contributed by atoms with Gasteiger partial charge in [-0.2, -0.15) is 0 Å². The van der Waals surface area contributed by atoms with E-state index in [0.29, 0.717) is 5.92 Å². The van der Waals surface area contributed by atoms with Gasteiger partial charge < -0.3 is 10.8 Å². The van der Waals surface area contributed by atoms with Crippen molar-refractivity contribution >= 4 is 0 Å². The summed E-state index contributed by atoms with van der Waals surface area (Å²) in [6, 6.07) is 0.